The Hall–Kier alpha value is -2.55. The summed E-state index contributed by atoms with van der Waals surface area (Å²) in [5.74, 6) is -0.0308. The molecule has 0 bridgehead atoms. The van der Waals surface area contributed by atoms with Gasteiger partial charge in [-0.2, -0.15) is 21.6 Å². The van der Waals surface area contributed by atoms with Gasteiger partial charge in [0.15, 0.2) is 5.71 Å². The minimum Gasteiger partial charge on any atom is -0.496 e. The molecule has 170 valence electrons. The molecule has 31 heavy (non-hydrogen) atoms. The molecule has 5 nitrogen and oxygen atoms in total. The zero-order valence-corrected chi connectivity index (χ0v) is 19.1. The van der Waals surface area contributed by atoms with E-state index in [4.69, 9.17) is 4.74 Å². The van der Waals surface area contributed by atoms with Crippen molar-refractivity contribution in [1.82, 2.24) is 0 Å². The average Bonchev–Trinajstić information content (AvgIpc) is 2.66. The van der Waals surface area contributed by atoms with Gasteiger partial charge in [0.05, 0.1) is 7.11 Å². The smallest absolute Gasteiger partial charge is 0.437 e. The van der Waals surface area contributed by atoms with E-state index in [-0.39, 0.29) is 27.9 Å². The van der Waals surface area contributed by atoms with Gasteiger partial charge in [-0.15, -0.1) is 0 Å². The van der Waals surface area contributed by atoms with E-state index in [9.17, 15) is 21.6 Å². The first-order chi connectivity index (χ1) is 14.3. The number of hydrogen-bond acceptors (Lipinski definition) is 5. The second kappa shape index (κ2) is 9.30. The van der Waals surface area contributed by atoms with Crippen LogP contribution in [0.4, 0.5) is 13.2 Å². The number of aryl methyl sites for hydroxylation is 1. The molecule has 9 heteroatoms. The predicted octanol–water partition coefficient (Wildman–Crippen LogP) is 5.92. The molecule has 2 rings (SSSR count). The normalized spacial score (nSPS) is 13.1. The maximum absolute atomic E-state index is 13.9. The lowest BCUT2D eigenvalue weighted by Gasteiger charge is -2.23. The number of alkyl halides is 3. The van der Waals surface area contributed by atoms with Crippen molar-refractivity contribution in [3.63, 3.8) is 0 Å². The predicted molar refractivity (Wildman–Crippen MR) is 113 cm³/mol. The van der Waals surface area contributed by atoms with Crippen LogP contribution in [0.2, 0.25) is 0 Å². The molecule has 0 amide bonds. The van der Waals surface area contributed by atoms with Gasteiger partial charge >= 0.3 is 16.3 Å². The van der Waals surface area contributed by atoms with E-state index in [1.807, 2.05) is 13.8 Å². The number of hydrogen-bond donors (Lipinski definition) is 0. The summed E-state index contributed by atoms with van der Waals surface area (Å²) >= 11 is 0. The Labute approximate surface area is 181 Å². The van der Waals surface area contributed by atoms with Crippen LogP contribution < -0.4 is 4.74 Å². The Bertz CT molecular complexity index is 1060. The molecule has 0 unspecified atom stereocenters. The van der Waals surface area contributed by atoms with Crippen molar-refractivity contribution < 1.29 is 30.6 Å². The summed E-state index contributed by atoms with van der Waals surface area (Å²) in [6.07, 6.45) is -4.96. The van der Waals surface area contributed by atoms with Gasteiger partial charge in [-0.05, 0) is 36.5 Å². The van der Waals surface area contributed by atoms with Gasteiger partial charge < -0.3 is 4.74 Å². The van der Waals surface area contributed by atoms with Crippen LogP contribution in [0.3, 0.4) is 0 Å². The van der Waals surface area contributed by atoms with E-state index >= 15 is 0 Å². The largest absolute Gasteiger partial charge is 0.496 e. The van der Waals surface area contributed by atoms with Gasteiger partial charge in [0, 0.05) is 11.1 Å². The summed E-state index contributed by atoms with van der Waals surface area (Å²) in [6.45, 7) is 9.00. The second-order valence-corrected chi connectivity index (χ2v) is 9.27. The molecule has 0 N–H and O–H groups in total. The molecule has 0 spiro atoms. The molecule has 0 aliphatic carbocycles. The Morgan fingerprint density at radius 1 is 0.968 bits per heavy atom. The quantitative estimate of drug-likeness (QED) is 0.382. The topological polar surface area (TPSA) is 65.0 Å². The Balaban J connectivity index is 2.66. The van der Waals surface area contributed by atoms with Crippen LogP contribution in [0.25, 0.3) is 0 Å². The van der Waals surface area contributed by atoms with E-state index in [1.54, 1.807) is 20.8 Å². The molecule has 0 atom stereocenters. The standard InChI is InChI=1S/C22H26F3NO4S/c1-13(2)17-11-12-18(19(14(3)4)20(17)29-6)21(22(23,24)25)26-30-31(27,28)16-9-7-15(5)8-10-16/h7-14H,1-6H3/b26-21-. The molecule has 0 aliphatic rings. The SMILES string of the molecule is COc1c(C(C)C)ccc(/C(=N/OS(=O)(=O)c2ccc(C)cc2)C(F)(F)F)c1C(C)C. The van der Waals surface area contributed by atoms with E-state index in [0.29, 0.717) is 5.75 Å². The summed E-state index contributed by atoms with van der Waals surface area (Å²) < 4.78 is 76.5. The maximum Gasteiger partial charge on any atom is 0.437 e. The molecule has 0 aromatic heterocycles. The van der Waals surface area contributed by atoms with Gasteiger partial charge in [-0.1, -0.05) is 62.7 Å². The average molecular weight is 458 g/mol. The zero-order chi connectivity index (χ0) is 23.6. The molecular formula is C22H26F3NO4S. The van der Waals surface area contributed by atoms with Crippen LogP contribution in [-0.4, -0.2) is 27.4 Å². The first-order valence-electron chi connectivity index (χ1n) is 9.66. The van der Waals surface area contributed by atoms with Gasteiger partial charge in [0.25, 0.3) is 0 Å². The Kier molecular flexibility index (Phi) is 7.41. The monoisotopic (exact) mass is 457 g/mol. The van der Waals surface area contributed by atoms with Crippen LogP contribution in [0, 0.1) is 6.92 Å². The number of halogens is 3. The van der Waals surface area contributed by atoms with Crippen molar-refractivity contribution in [3.8, 4) is 5.75 Å². The highest BCUT2D eigenvalue weighted by Crippen LogP contribution is 2.39. The molecule has 0 fully saturated rings. The zero-order valence-electron chi connectivity index (χ0n) is 18.2. The van der Waals surface area contributed by atoms with Crippen LogP contribution in [0.1, 0.15) is 61.8 Å². The number of benzene rings is 2. The molecule has 0 radical (unpaired) electrons. The fraction of sp³-hybridized carbons (Fsp3) is 0.409. The Morgan fingerprint density at radius 3 is 2.00 bits per heavy atom. The van der Waals surface area contributed by atoms with E-state index < -0.39 is 22.0 Å². The second-order valence-electron chi connectivity index (χ2n) is 7.74. The number of nitrogens with zero attached hydrogens (tertiary/aromatic N) is 1. The first kappa shape index (κ1) is 24.7. The molecule has 0 heterocycles. The number of methoxy groups -OCH3 is 1. The minimum atomic E-state index is -4.96. The van der Waals surface area contributed by atoms with Crippen molar-refractivity contribution in [2.45, 2.75) is 57.5 Å². The fourth-order valence-electron chi connectivity index (χ4n) is 3.17. The van der Waals surface area contributed by atoms with Crippen molar-refractivity contribution >= 4 is 15.8 Å². The lowest BCUT2D eigenvalue weighted by Crippen LogP contribution is -2.27. The number of ether oxygens (including phenoxy) is 1. The summed E-state index contributed by atoms with van der Waals surface area (Å²) in [5.41, 5.74) is 0.0754. The van der Waals surface area contributed by atoms with Crippen molar-refractivity contribution in [2.75, 3.05) is 7.11 Å². The molecular weight excluding hydrogens is 431 g/mol. The van der Waals surface area contributed by atoms with Gasteiger partial charge in [-0.3, -0.25) is 4.28 Å². The van der Waals surface area contributed by atoms with Crippen LogP contribution in [0.15, 0.2) is 46.4 Å². The number of rotatable bonds is 7. The molecule has 2 aromatic rings. The third-order valence-electron chi connectivity index (χ3n) is 4.69. The van der Waals surface area contributed by atoms with Crippen LogP contribution >= 0.6 is 0 Å². The lowest BCUT2D eigenvalue weighted by molar-refractivity contribution is -0.0597. The number of oxime groups is 1. The van der Waals surface area contributed by atoms with Gasteiger partial charge in [0.2, 0.25) is 0 Å². The van der Waals surface area contributed by atoms with E-state index in [1.165, 1.54) is 43.5 Å². The Morgan fingerprint density at radius 2 is 1.55 bits per heavy atom. The summed E-state index contributed by atoms with van der Waals surface area (Å²) in [6, 6.07) is 8.32. The van der Waals surface area contributed by atoms with Crippen molar-refractivity contribution in [2.24, 2.45) is 5.16 Å². The molecule has 0 saturated carbocycles. The molecule has 2 aromatic carbocycles. The lowest BCUT2D eigenvalue weighted by atomic mass is 9.88. The van der Waals surface area contributed by atoms with E-state index in [2.05, 4.69) is 9.44 Å². The summed E-state index contributed by atoms with van der Waals surface area (Å²) in [5, 5.41) is 3.08. The highest BCUT2D eigenvalue weighted by atomic mass is 32.2. The van der Waals surface area contributed by atoms with Crippen LogP contribution in [0.5, 0.6) is 5.75 Å². The summed E-state index contributed by atoms with van der Waals surface area (Å²) in [4.78, 5) is -0.291. The summed E-state index contributed by atoms with van der Waals surface area (Å²) in [7, 11) is -3.14. The van der Waals surface area contributed by atoms with Gasteiger partial charge in [0.1, 0.15) is 10.6 Å². The highest BCUT2D eigenvalue weighted by molar-refractivity contribution is 7.86. The van der Waals surface area contributed by atoms with E-state index in [0.717, 1.165) is 11.1 Å². The fourth-order valence-corrected chi connectivity index (χ4v) is 3.89. The van der Waals surface area contributed by atoms with Crippen molar-refractivity contribution in [3.05, 3.63) is 58.7 Å². The van der Waals surface area contributed by atoms with Crippen molar-refractivity contribution in [1.29, 1.82) is 0 Å². The molecule has 0 aliphatic heterocycles. The van der Waals surface area contributed by atoms with Crippen LogP contribution in [-0.2, 0) is 14.4 Å². The third kappa shape index (κ3) is 5.58. The first-order valence-corrected chi connectivity index (χ1v) is 11.1. The minimum absolute atomic E-state index is 0.00550. The maximum atomic E-state index is 13.9. The third-order valence-corrected chi connectivity index (χ3v) is 5.81. The molecule has 0 saturated heterocycles. The highest BCUT2D eigenvalue weighted by Gasteiger charge is 2.41. The van der Waals surface area contributed by atoms with Gasteiger partial charge in [-0.25, -0.2) is 0 Å².